The van der Waals surface area contributed by atoms with E-state index < -0.39 is 5.97 Å². The number of nitrogens with two attached hydrogens (primary N) is 1. The largest absolute Gasteiger partial charge is 0.462 e. The van der Waals surface area contributed by atoms with Crippen molar-refractivity contribution in [3.63, 3.8) is 0 Å². The van der Waals surface area contributed by atoms with Gasteiger partial charge in [-0.25, -0.2) is 4.79 Å². The smallest absolute Gasteiger partial charge is 0.340 e. The Labute approximate surface area is 127 Å². The van der Waals surface area contributed by atoms with Crippen LogP contribution in [0.2, 0.25) is 5.02 Å². The lowest BCUT2D eigenvalue weighted by molar-refractivity contribution is 0.0527. The normalized spacial score (nSPS) is 10.4. The van der Waals surface area contributed by atoms with Crippen molar-refractivity contribution >= 4 is 28.9 Å². The summed E-state index contributed by atoms with van der Waals surface area (Å²) in [6, 6.07) is 4.89. The predicted octanol–water partition coefficient (Wildman–Crippen LogP) is 3.01. The number of esters is 1. The van der Waals surface area contributed by atoms with Crippen molar-refractivity contribution < 1.29 is 14.1 Å². The fourth-order valence-corrected chi connectivity index (χ4v) is 2.15. The molecule has 0 spiro atoms. The van der Waals surface area contributed by atoms with E-state index in [1.165, 1.54) is 6.07 Å². The van der Waals surface area contributed by atoms with Crippen LogP contribution in [0.4, 0.5) is 11.4 Å². The molecule has 0 bridgehead atoms. The van der Waals surface area contributed by atoms with Crippen LogP contribution in [0, 0.1) is 6.92 Å². The Bertz CT molecular complexity index is 655. The van der Waals surface area contributed by atoms with Gasteiger partial charge in [0.15, 0.2) is 5.76 Å². The molecule has 6 nitrogen and oxygen atoms in total. The Balaban J connectivity index is 2.26. The summed E-state index contributed by atoms with van der Waals surface area (Å²) >= 11 is 6.15. The maximum atomic E-state index is 12.0. The highest BCUT2D eigenvalue weighted by Gasteiger charge is 2.17. The van der Waals surface area contributed by atoms with E-state index in [0.29, 0.717) is 28.7 Å². The Hall–Kier alpha value is -2.21. The molecule has 2 rings (SSSR count). The summed E-state index contributed by atoms with van der Waals surface area (Å²) < 4.78 is 10.1. The molecule has 0 fully saturated rings. The zero-order chi connectivity index (χ0) is 15.4. The fourth-order valence-electron chi connectivity index (χ4n) is 1.85. The molecule has 1 aromatic heterocycles. The molecule has 0 unspecified atom stereocenters. The quantitative estimate of drug-likeness (QED) is 0.652. The van der Waals surface area contributed by atoms with Gasteiger partial charge in [-0.05, 0) is 26.0 Å². The number of hydrogen-bond acceptors (Lipinski definition) is 6. The summed E-state index contributed by atoms with van der Waals surface area (Å²) in [7, 11) is 0. The van der Waals surface area contributed by atoms with E-state index in [9.17, 15) is 4.79 Å². The van der Waals surface area contributed by atoms with E-state index in [0.717, 1.165) is 5.69 Å². The number of hydrogen-bond donors (Lipinski definition) is 2. The molecule has 1 aromatic carbocycles. The summed E-state index contributed by atoms with van der Waals surface area (Å²) in [5.74, 6) is 0.151. The summed E-state index contributed by atoms with van der Waals surface area (Å²) in [6.07, 6.45) is 0. The number of anilines is 2. The van der Waals surface area contributed by atoms with Crippen LogP contribution in [-0.4, -0.2) is 17.7 Å². The standard InChI is InChI=1S/C14H16ClN3O3/c1-3-20-14(19)11-5-9(16)6-12(15)13(11)17-7-10-4-8(2)18-21-10/h4-6,17H,3,7,16H2,1-2H3. The van der Waals surface area contributed by atoms with Crippen LogP contribution >= 0.6 is 11.6 Å². The topological polar surface area (TPSA) is 90.4 Å². The molecular formula is C14H16ClN3O3. The molecule has 0 radical (unpaired) electrons. The number of halogens is 1. The minimum atomic E-state index is -0.483. The molecule has 0 atom stereocenters. The number of aryl methyl sites for hydroxylation is 1. The number of aromatic nitrogens is 1. The zero-order valence-corrected chi connectivity index (χ0v) is 12.5. The highest BCUT2D eigenvalue weighted by molar-refractivity contribution is 6.34. The molecule has 2 aromatic rings. The van der Waals surface area contributed by atoms with Gasteiger partial charge in [-0.15, -0.1) is 0 Å². The van der Waals surface area contributed by atoms with Crippen molar-refractivity contribution in [1.82, 2.24) is 5.16 Å². The Morgan fingerprint density at radius 1 is 1.48 bits per heavy atom. The molecule has 112 valence electrons. The van der Waals surface area contributed by atoms with Gasteiger partial charge in [0.1, 0.15) is 0 Å². The average molecular weight is 310 g/mol. The first kappa shape index (κ1) is 15.2. The van der Waals surface area contributed by atoms with Gasteiger partial charge in [-0.2, -0.15) is 0 Å². The number of nitrogen functional groups attached to an aromatic ring is 1. The molecule has 0 saturated heterocycles. The van der Waals surface area contributed by atoms with Crippen molar-refractivity contribution in [2.24, 2.45) is 0 Å². The van der Waals surface area contributed by atoms with E-state index in [-0.39, 0.29) is 12.2 Å². The number of carbonyl (C=O) groups excluding carboxylic acids is 1. The summed E-state index contributed by atoms with van der Waals surface area (Å²) in [4.78, 5) is 12.0. The van der Waals surface area contributed by atoms with E-state index in [4.69, 9.17) is 26.6 Å². The first-order valence-corrected chi connectivity index (χ1v) is 6.81. The second-order valence-electron chi connectivity index (χ2n) is 4.43. The van der Waals surface area contributed by atoms with E-state index in [1.807, 2.05) is 6.92 Å². The average Bonchev–Trinajstić information content (AvgIpc) is 2.83. The van der Waals surface area contributed by atoms with Crippen molar-refractivity contribution in [2.75, 3.05) is 17.7 Å². The van der Waals surface area contributed by atoms with E-state index in [2.05, 4.69) is 10.5 Å². The Morgan fingerprint density at radius 2 is 2.24 bits per heavy atom. The minimum Gasteiger partial charge on any atom is -0.462 e. The van der Waals surface area contributed by atoms with E-state index >= 15 is 0 Å². The van der Waals surface area contributed by atoms with Gasteiger partial charge in [-0.3, -0.25) is 0 Å². The summed E-state index contributed by atoms with van der Waals surface area (Å²) in [6.45, 7) is 4.17. The summed E-state index contributed by atoms with van der Waals surface area (Å²) in [5, 5.41) is 7.19. The second kappa shape index (κ2) is 6.49. The SMILES string of the molecule is CCOC(=O)c1cc(N)cc(Cl)c1NCc1cc(C)no1. The number of ether oxygens (including phenoxy) is 1. The molecule has 1 heterocycles. The fraction of sp³-hybridized carbons (Fsp3) is 0.286. The Kier molecular flexibility index (Phi) is 4.70. The van der Waals surface area contributed by atoms with Gasteiger partial charge in [0.05, 0.1) is 35.1 Å². The number of carbonyl (C=O) groups is 1. The van der Waals surface area contributed by atoms with Crippen LogP contribution in [0.5, 0.6) is 0 Å². The van der Waals surface area contributed by atoms with Crippen LogP contribution < -0.4 is 11.1 Å². The summed E-state index contributed by atoms with van der Waals surface area (Å²) in [5.41, 5.74) is 7.64. The Morgan fingerprint density at radius 3 is 2.86 bits per heavy atom. The van der Waals surface area contributed by atoms with Gasteiger partial charge in [0.2, 0.25) is 0 Å². The van der Waals surface area contributed by atoms with Crippen LogP contribution in [-0.2, 0) is 11.3 Å². The zero-order valence-electron chi connectivity index (χ0n) is 11.8. The lowest BCUT2D eigenvalue weighted by Crippen LogP contribution is -2.11. The van der Waals surface area contributed by atoms with Crippen molar-refractivity contribution in [1.29, 1.82) is 0 Å². The van der Waals surface area contributed by atoms with Gasteiger partial charge < -0.3 is 20.3 Å². The van der Waals surface area contributed by atoms with Crippen LogP contribution in [0.25, 0.3) is 0 Å². The highest BCUT2D eigenvalue weighted by Crippen LogP contribution is 2.30. The number of nitrogens with zero attached hydrogens (tertiary/aromatic N) is 1. The molecule has 7 heteroatoms. The third-order valence-electron chi connectivity index (χ3n) is 2.72. The second-order valence-corrected chi connectivity index (χ2v) is 4.84. The number of rotatable bonds is 5. The van der Waals surface area contributed by atoms with Gasteiger partial charge in [-0.1, -0.05) is 16.8 Å². The first-order valence-electron chi connectivity index (χ1n) is 6.43. The molecular weight excluding hydrogens is 294 g/mol. The molecule has 0 aliphatic rings. The maximum absolute atomic E-state index is 12.0. The van der Waals surface area contributed by atoms with Crippen molar-refractivity contribution in [3.8, 4) is 0 Å². The third kappa shape index (κ3) is 3.66. The van der Waals surface area contributed by atoms with Gasteiger partial charge in [0, 0.05) is 11.8 Å². The molecule has 3 N–H and O–H groups in total. The molecule has 0 amide bonds. The van der Waals surface area contributed by atoms with Crippen LogP contribution in [0.3, 0.4) is 0 Å². The number of nitrogens with one attached hydrogen (secondary N) is 1. The highest BCUT2D eigenvalue weighted by atomic mass is 35.5. The van der Waals surface area contributed by atoms with Crippen molar-refractivity contribution in [2.45, 2.75) is 20.4 Å². The molecule has 0 saturated carbocycles. The first-order chi connectivity index (χ1) is 10.0. The minimum absolute atomic E-state index is 0.270. The molecule has 21 heavy (non-hydrogen) atoms. The maximum Gasteiger partial charge on any atom is 0.340 e. The van der Waals surface area contributed by atoms with Crippen LogP contribution in [0.15, 0.2) is 22.7 Å². The van der Waals surface area contributed by atoms with Crippen LogP contribution in [0.1, 0.15) is 28.7 Å². The van der Waals surface area contributed by atoms with Crippen molar-refractivity contribution in [3.05, 3.63) is 40.2 Å². The molecule has 0 aliphatic heterocycles. The lowest BCUT2D eigenvalue weighted by atomic mass is 10.1. The lowest BCUT2D eigenvalue weighted by Gasteiger charge is -2.13. The molecule has 0 aliphatic carbocycles. The third-order valence-corrected chi connectivity index (χ3v) is 3.02. The van der Waals surface area contributed by atoms with Gasteiger partial charge >= 0.3 is 5.97 Å². The monoisotopic (exact) mass is 309 g/mol. The van der Waals surface area contributed by atoms with E-state index in [1.54, 1.807) is 19.1 Å². The number of benzene rings is 1. The van der Waals surface area contributed by atoms with Gasteiger partial charge in [0.25, 0.3) is 0 Å². The predicted molar refractivity (Wildman–Crippen MR) is 80.4 cm³/mol.